The number of morpholine rings is 1. The third kappa shape index (κ3) is 2.86. The second kappa shape index (κ2) is 5.93. The van der Waals surface area contributed by atoms with Crippen LogP contribution >= 0.6 is 15.9 Å². The Morgan fingerprint density at radius 1 is 1.25 bits per heavy atom. The van der Waals surface area contributed by atoms with Gasteiger partial charge in [-0.05, 0) is 33.6 Å². The van der Waals surface area contributed by atoms with Gasteiger partial charge in [-0.1, -0.05) is 6.07 Å². The summed E-state index contributed by atoms with van der Waals surface area (Å²) in [5, 5.41) is 4.13. The van der Waals surface area contributed by atoms with Gasteiger partial charge in [0, 0.05) is 30.4 Å². The maximum absolute atomic E-state index is 11.1. The SMILES string of the molecule is O=C1CCC(c2ccc(N3CCOCC3)c(Br)c2)=NN1. The lowest BCUT2D eigenvalue weighted by Gasteiger charge is -2.30. The number of benzene rings is 1. The van der Waals surface area contributed by atoms with E-state index >= 15 is 0 Å². The van der Waals surface area contributed by atoms with Gasteiger partial charge in [-0.3, -0.25) is 4.79 Å². The maximum Gasteiger partial charge on any atom is 0.240 e. The average molecular weight is 338 g/mol. The highest BCUT2D eigenvalue weighted by molar-refractivity contribution is 9.10. The highest BCUT2D eigenvalue weighted by Crippen LogP contribution is 2.29. The summed E-state index contributed by atoms with van der Waals surface area (Å²) >= 11 is 3.64. The van der Waals surface area contributed by atoms with Crippen LogP contribution in [0.25, 0.3) is 0 Å². The van der Waals surface area contributed by atoms with Gasteiger partial charge in [0.25, 0.3) is 0 Å². The number of nitrogens with zero attached hydrogens (tertiary/aromatic N) is 2. The molecule has 2 aliphatic heterocycles. The van der Waals surface area contributed by atoms with Crippen LogP contribution in [0.5, 0.6) is 0 Å². The molecule has 0 unspecified atom stereocenters. The molecule has 2 aliphatic rings. The Labute approximate surface area is 126 Å². The number of hydrogen-bond acceptors (Lipinski definition) is 4. The van der Waals surface area contributed by atoms with Crippen molar-refractivity contribution < 1.29 is 9.53 Å². The molecular formula is C14H16BrN3O2. The molecule has 0 atom stereocenters. The Hall–Kier alpha value is -1.40. The van der Waals surface area contributed by atoms with Crippen molar-refractivity contribution >= 4 is 33.2 Å². The van der Waals surface area contributed by atoms with E-state index in [1.165, 1.54) is 5.69 Å². The monoisotopic (exact) mass is 337 g/mol. The quantitative estimate of drug-likeness (QED) is 0.896. The van der Waals surface area contributed by atoms with Gasteiger partial charge >= 0.3 is 0 Å². The molecule has 1 N–H and O–H groups in total. The minimum Gasteiger partial charge on any atom is -0.378 e. The first-order valence-electron chi connectivity index (χ1n) is 6.72. The van der Waals surface area contributed by atoms with E-state index in [4.69, 9.17) is 4.74 Å². The number of hydrogen-bond donors (Lipinski definition) is 1. The van der Waals surface area contributed by atoms with Crippen LogP contribution in [0.4, 0.5) is 5.69 Å². The van der Waals surface area contributed by atoms with Crippen molar-refractivity contribution in [3.8, 4) is 0 Å². The van der Waals surface area contributed by atoms with E-state index in [1.807, 2.05) is 0 Å². The predicted octanol–water partition coefficient (Wildman–Crippen LogP) is 1.90. The smallest absolute Gasteiger partial charge is 0.240 e. The van der Waals surface area contributed by atoms with Gasteiger partial charge in [0.15, 0.2) is 0 Å². The van der Waals surface area contributed by atoms with E-state index in [0.29, 0.717) is 12.8 Å². The Morgan fingerprint density at radius 2 is 2.05 bits per heavy atom. The van der Waals surface area contributed by atoms with Gasteiger partial charge in [-0.2, -0.15) is 5.10 Å². The molecule has 3 rings (SSSR count). The molecular weight excluding hydrogens is 322 g/mol. The Bertz CT molecular complexity index is 553. The summed E-state index contributed by atoms with van der Waals surface area (Å²) in [6, 6.07) is 6.23. The van der Waals surface area contributed by atoms with Crippen LogP contribution in [0.1, 0.15) is 18.4 Å². The summed E-state index contributed by atoms with van der Waals surface area (Å²) in [7, 11) is 0. The summed E-state index contributed by atoms with van der Waals surface area (Å²) in [4.78, 5) is 13.4. The summed E-state index contributed by atoms with van der Waals surface area (Å²) in [6.45, 7) is 3.36. The second-order valence-electron chi connectivity index (χ2n) is 4.86. The first kappa shape index (κ1) is 13.6. The fourth-order valence-electron chi connectivity index (χ4n) is 2.43. The van der Waals surface area contributed by atoms with E-state index in [-0.39, 0.29) is 5.91 Å². The van der Waals surface area contributed by atoms with Crippen molar-refractivity contribution in [2.45, 2.75) is 12.8 Å². The number of nitrogens with one attached hydrogen (secondary N) is 1. The lowest BCUT2D eigenvalue weighted by molar-refractivity contribution is -0.121. The number of carbonyl (C=O) groups excluding carboxylic acids is 1. The second-order valence-corrected chi connectivity index (χ2v) is 5.71. The zero-order chi connectivity index (χ0) is 13.9. The van der Waals surface area contributed by atoms with Crippen LogP contribution in [0, 0.1) is 0 Å². The van der Waals surface area contributed by atoms with Gasteiger partial charge in [0.05, 0.1) is 24.6 Å². The maximum atomic E-state index is 11.1. The van der Waals surface area contributed by atoms with Crippen molar-refractivity contribution in [3.05, 3.63) is 28.2 Å². The van der Waals surface area contributed by atoms with Crippen LogP contribution in [-0.2, 0) is 9.53 Å². The Kier molecular flexibility index (Phi) is 4.03. The highest BCUT2D eigenvalue weighted by atomic mass is 79.9. The van der Waals surface area contributed by atoms with Crippen LogP contribution in [0.3, 0.4) is 0 Å². The standard InChI is InChI=1S/C14H16BrN3O2/c15-11-9-10(12-2-4-14(19)17-16-12)1-3-13(11)18-5-7-20-8-6-18/h1,3,9H,2,4-8H2,(H,17,19). The molecule has 1 aromatic carbocycles. The van der Waals surface area contributed by atoms with Crippen molar-refractivity contribution in [2.75, 3.05) is 31.2 Å². The number of anilines is 1. The molecule has 5 nitrogen and oxygen atoms in total. The lowest BCUT2D eigenvalue weighted by Crippen LogP contribution is -2.36. The van der Waals surface area contributed by atoms with Gasteiger partial charge < -0.3 is 9.64 Å². The zero-order valence-electron chi connectivity index (χ0n) is 11.1. The summed E-state index contributed by atoms with van der Waals surface area (Å²) in [5.74, 6) is -0.0160. The first-order valence-corrected chi connectivity index (χ1v) is 7.51. The van der Waals surface area contributed by atoms with Gasteiger partial charge in [0.2, 0.25) is 5.91 Å². The molecule has 0 spiro atoms. The summed E-state index contributed by atoms with van der Waals surface area (Å²) in [6.07, 6.45) is 1.19. The third-order valence-corrected chi connectivity index (χ3v) is 4.17. The number of carbonyl (C=O) groups is 1. The van der Waals surface area contributed by atoms with Crippen molar-refractivity contribution in [2.24, 2.45) is 5.10 Å². The minimum absolute atomic E-state index is 0.0160. The topological polar surface area (TPSA) is 53.9 Å². The van der Waals surface area contributed by atoms with E-state index in [1.54, 1.807) is 0 Å². The minimum atomic E-state index is -0.0160. The van der Waals surface area contributed by atoms with Gasteiger partial charge in [0.1, 0.15) is 0 Å². The largest absolute Gasteiger partial charge is 0.378 e. The van der Waals surface area contributed by atoms with Crippen LogP contribution in [0.2, 0.25) is 0 Å². The number of rotatable bonds is 2. The van der Waals surface area contributed by atoms with E-state index in [0.717, 1.165) is 42.1 Å². The number of hydrazone groups is 1. The Morgan fingerprint density at radius 3 is 2.70 bits per heavy atom. The summed E-state index contributed by atoms with van der Waals surface area (Å²) < 4.78 is 6.43. The molecule has 0 aliphatic carbocycles. The number of ether oxygens (including phenoxy) is 1. The van der Waals surface area contributed by atoms with E-state index < -0.39 is 0 Å². The fourth-order valence-corrected chi connectivity index (χ4v) is 3.06. The third-order valence-electron chi connectivity index (χ3n) is 3.54. The summed E-state index contributed by atoms with van der Waals surface area (Å²) in [5.41, 5.74) is 5.69. The zero-order valence-corrected chi connectivity index (χ0v) is 12.6. The van der Waals surface area contributed by atoms with E-state index in [9.17, 15) is 4.79 Å². The molecule has 6 heteroatoms. The molecule has 0 radical (unpaired) electrons. The molecule has 0 bridgehead atoms. The highest BCUT2D eigenvalue weighted by Gasteiger charge is 2.17. The predicted molar refractivity (Wildman–Crippen MR) is 81.1 cm³/mol. The molecule has 1 fully saturated rings. The number of halogens is 1. The molecule has 0 aromatic heterocycles. The molecule has 2 heterocycles. The van der Waals surface area contributed by atoms with Crippen LogP contribution < -0.4 is 10.3 Å². The molecule has 1 aromatic rings. The average Bonchev–Trinajstić information content (AvgIpc) is 2.49. The van der Waals surface area contributed by atoms with Crippen molar-refractivity contribution in [3.63, 3.8) is 0 Å². The molecule has 106 valence electrons. The lowest BCUT2D eigenvalue weighted by atomic mass is 10.0. The molecule has 0 saturated carbocycles. The number of amides is 1. The molecule has 1 saturated heterocycles. The van der Waals surface area contributed by atoms with Crippen LogP contribution in [0.15, 0.2) is 27.8 Å². The van der Waals surface area contributed by atoms with Gasteiger partial charge in [-0.15, -0.1) is 0 Å². The Balaban J connectivity index is 1.82. The molecule has 20 heavy (non-hydrogen) atoms. The van der Waals surface area contributed by atoms with Crippen molar-refractivity contribution in [1.82, 2.24) is 5.43 Å². The van der Waals surface area contributed by atoms with E-state index in [2.05, 4.69) is 49.6 Å². The fraction of sp³-hybridized carbons (Fsp3) is 0.429. The normalized spacial score (nSPS) is 19.6. The van der Waals surface area contributed by atoms with Crippen LogP contribution in [-0.4, -0.2) is 37.9 Å². The van der Waals surface area contributed by atoms with Gasteiger partial charge in [-0.25, -0.2) is 5.43 Å². The molecule has 1 amide bonds. The first-order chi connectivity index (χ1) is 9.74. The van der Waals surface area contributed by atoms with Crippen molar-refractivity contribution in [1.29, 1.82) is 0 Å².